The third-order valence-electron chi connectivity index (χ3n) is 2.39. The third-order valence-corrected chi connectivity index (χ3v) is 3.15. The van der Waals surface area contributed by atoms with Gasteiger partial charge >= 0.3 is 5.97 Å². The van der Waals surface area contributed by atoms with E-state index in [0.29, 0.717) is 16.4 Å². The Morgan fingerprint density at radius 3 is 2.90 bits per heavy atom. The maximum absolute atomic E-state index is 11.9. The van der Waals surface area contributed by atoms with Crippen molar-refractivity contribution >= 4 is 33.9 Å². The van der Waals surface area contributed by atoms with Crippen LogP contribution in [0.4, 0.5) is 0 Å². The summed E-state index contributed by atoms with van der Waals surface area (Å²) in [5.74, 6) is -0.661. The standard InChI is InChI=1S/C11H14N6O2S/c1-3-19-9(18)7-8(6(2)15-16-10(12)13)17-4-5-20-11(17)14-7/h4-5H,3H2,1-2H3,(H4,12,13,16)/b15-6+. The molecule has 0 fully saturated rings. The highest BCUT2D eigenvalue weighted by atomic mass is 32.1. The van der Waals surface area contributed by atoms with Gasteiger partial charge in [0.05, 0.1) is 12.3 Å². The van der Waals surface area contributed by atoms with Crippen molar-refractivity contribution in [1.82, 2.24) is 9.38 Å². The molecule has 106 valence electrons. The van der Waals surface area contributed by atoms with Gasteiger partial charge in [0.2, 0.25) is 5.96 Å². The molecule has 0 aliphatic heterocycles. The molecule has 0 aromatic carbocycles. The number of thiazole rings is 1. The van der Waals surface area contributed by atoms with E-state index in [0.717, 1.165) is 0 Å². The van der Waals surface area contributed by atoms with Gasteiger partial charge in [-0.3, -0.25) is 4.40 Å². The van der Waals surface area contributed by atoms with Crippen LogP contribution in [0.2, 0.25) is 0 Å². The van der Waals surface area contributed by atoms with Crippen LogP contribution < -0.4 is 11.5 Å². The summed E-state index contributed by atoms with van der Waals surface area (Å²) in [6.45, 7) is 3.69. The molecule has 0 aliphatic rings. The first kappa shape index (κ1) is 14.0. The summed E-state index contributed by atoms with van der Waals surface area (Å²) in [7, 11) is 0. The number of rotatable bonds is 4. The molecule has 2 heterocycles. The minimum absolute atomic E-state index is 0.159. The molecule has 0 saturated heterocycles. The molecule has 0 radical (unpaired) electrons. The smallest absolute Gasteiger partial charge is 0.359 e. The van der Waals surface area contributed by atoms with Crippen molar-refractivity contribution in [2.75, 3.05) is 6.61 Å². The molecular formula is C11H14N6O2S. The zero-order valence-electron chi connectivity index (χ0n) is 11.0. The van der Waals surface area contributed by atoms with Gasteiger partial charge in [-0.25, -0.2) is 9.78 Å². The molecule has 9 heteroatoms. The summed E-state index contributed by atoms with van der Waals surface area (Å²) in [6.07, 6.45) is 1.79. The van der Waals surface area contributed by atoms with Gasteiger partial charge in [-0.2, -0.15) is 5.10 Å². The Bertz CT molecular complexity index is 695. The maximum atomic E-state index is 11.9. The molecule has 0 amide bonds. The van der Waals surface area contributed by atoms with E-state index in [9.17, 15) is 4.79 Å². The SMILES string of the molecule is CCOC(=O)c1nc2sccn2c1/C(C)=N/N=C(N)N. The molecule has 20 heavy (non-hydrogen) atoms. The molecule has 2 rings (SSSR count). The lowest BCUT2D eigenvalue weighted by Crippen LogP contribution is -2.22. The Balaban J connectivity index is 2.56. The number of carbonyl (C=O) groups is 1. The highest BCUT2D eigenvalue weighted by molar-refractivity contribution is 7.15. The summed E-state index contributed by atoms with van der Waals surface area (Å²) in [5, 5.41) is 9.33. The second kappa shape index (κ2) is 5.70. The van der Waals surface area contributed by atoms with Gasteiger partial charge in [0.1, 0.15) is 5.69 Å². The Kier molecular flexibility index (Phi) is 3.99. The quantitative estimate of drug-likeness (QED) is 0.369. The maximum Gasteiger partial charge on any atom is 0.359 e. The molecule has 4 N–H and O–H groups in total. The van der Waals surface area contributed by atoms with Crippen molar-refractivity contribution in [3.05, 3.63) is 23.0 Å². The van der Waals surface area contributed by atoms with Crippen molar-refractivity contribution in [2.45, 2.75) is 13.8 Å². The molecule has 8 nitrogen and oxygen atoms in total. The lowest BCUT2D eigenvalue weighted by molar-refractivity contribution is 0.0520. The van der Waals surface area contributed by atoms with Gasteiger partial charge in [0.15, 0.2) is 10.7 Å². The van der Waals surface area contributed by atoms with Crippen LogP contribution in [0.5, 0.6) is 0 Å². The second-order valence-electron chi connectivity index (χ2n) is 3.80. The highest BCUT2D eigenvalue weighted by Gasteiger charge is 2.22. The van der Waals surface area contributed by atoms with E-state index in [1.807, 2.05) is 5.38 Å². The highest BCUT2D eigenvalue weighted by Crippen LogP contribution is 2.19. The van der Waals surface area contributed by atoms with E-state index in [4.69, 9.17) is 16.2 Å². The summed E-state index contributed by atoms with van der Waals surface area (Å²) >= 11 is 1.40. The summed E-state index contributed by atoms with van der Waals surface area (Å²) < 4.78 is 6.74. The van der Waals surface area contributed by atoms with Crippen LogP contribution in [0.3, 0.4) is 0 Å². The number of hydrogen-bond donors (Lipinski definition) is 2. The molecule has 0 bridgehead atoms. The minimum atomic E-state index is -0.502. The fourth-order valence-electron chi connectivity index (χ4n) is 1.65. The topological polar surface area (TPSA) is 120 Å². The van der Waals surface area contributed by atoms with Gasteiger partial charge < -0.3 is 16.2 Å². The number of nitrogens with two attached hydrogens (primary N) is 2. The predicted octanol–water partition coefficient (Wildman–Crippen LogP) is 0.570. The van der Waals surface area contributed by atoms with Crippen LogP contribution in [-0.2, 0) is 4.74 Å². The Labute approximate surface area is 118 Å². The molecule has 0 atom stereocenters. The van der Waals surface area contributed by atoms with Gasteiger partial charge in [-0.05, 0) is 13.8 Å². The van der Waals surface area contributed by atoms with Crippen LogP contribution in [0.25, 0.3) is 4.96 Å². The number of imidazole rings is 1. The van der Waals surface area contributed by atoms with Crippen LogP contribution in [0.1, 0.15) is 30.0 Å². The molecule has 0 spiro atoms. The number of ether oxygens (including phenoxy) is 1. The van der Waals surface area contributed by atoms with E-state index >= 15 is 0 Å². The second-order valence-corrected chi connectivity index (χ2v) is 4.67. The molecule has 0 unspecified atom stereocenters. The van der Waals surface area contributed by atoms with E-state index in [2.05, 4.69) is 15.2 Å². The number of carbonyl (C=O) groups excluding carboxylic acids is 1. The number of esters is 1. The normalized spacial score (nSPS) is 11.6. The number of nitrogens with zero attached hydrogens (tertiary/aromatic N) is 4. The van der Waals surface area contributed by atoms with Crippen molar-refractivity contribution in [3.8, 4) is 0 Å². The van der Waals surface area contributed by atoms with E-state index in [1.54, 1.807) is 24.4 Å². The Morgan fingerprint density at radius 2 is 2.25 bits per heavy atom. The van der Waals surface area contributed by atoms with Crippen LogP contribution in [0.15, 0.2) is 21.8 Å². The van der Waals surface area contributed by atoms with E-state index < -0.39 is 5.97 Å². The molecular weight excluding hydrogens is 280 g/mol. The number of fused-ring (bicyclic) bond motifs is 1. The minimum Gasteiger partial charge on any atom is -0.461 e. The van der Waals surface area contributed by atoms with E-state index in [1.165, 1.54) is 11.3 Å². The zero-order chi connectivity index (χ0) is 14.7. The van der Waals surface area contributed by atoms with Crippen LogP contribution >= 0.6 is 11.3 Å². The van der Waals surface area contributed by atoms with E-state index in [-0.39, 0.29) is 18.3 Å². The first-order valence-corrected chi connectivity index (χ1v) is 6.68. The van der Waals surface area contributed by atoms with Gasteiger partial charge in [0.25, 0.3) is 0 Å². The summed E-state index contributed by atoms with van der Waals surface area (Å²) in [6, 6.07) is 0. The van der Waals surface area contributed by atoms with Crippen molar-refractivity contribution in [2.24, 2.45) is 21.7 Å². The van der Waals surface area contributed by atoms with Gasteiger partial charge in [-0.15, -0.1) is 16.4 Å². The average Bonchev–Trinajstić information content (AvgIpc) is 2.95. The lowest BCUT2D eigenvalue weighted by Gasteiger charge is -2.02. The van der Waals surface area contributed by atoms with Crippen molar-refractivity contribution < 1.29 is 9.53 Å². The zero-order valence-corrected chi connectivity index (χ0v) is 11.8. The molecule has 0 saturated carbocycles. The number of hydrogen-bond acceptors (Lipinski definition) is 6. The van der Waals surface area contributed by atoms with Crippen molar-refractivity contribution in [1.29, 1.82) is 0 Å². The summed E-state index contributed by atoms with van der Waals surface area (Å²) in [4.78, 5) is 16.9. The Morgan fingerprint density at radius 1 is 1.50 bits per heavy atom. The van der Waals surface area contributed by atoms with Crippen molar-refractivity contribution in [3.63, 3.8) is 0 Å². The number of guanidine groups is 1. The first-order chi connectivity index (χ1) is 9.54. The lowest BCUT2D eigenvalue weighted by atomic mass is 10.2. The third kappa shape index (κ3) is 2.62. The molecule has 2 aromatic heterocycles. The largest absolute Gasteiger partial charge is 0.461 e. The van der Waals surface area contributed by atoms with Crippen LogP contribution in [-0.4, -0.2) is 33.6 Å². The fraction of sp³-hybridized carbons (Fsp3) is 0.273. The molecule has 0 aliphatic carbocycles. The van der Waals surface area contributed by atoms with Crippen LogP contribution in [0, 0.1) is 0 Å². The predicted molar refractivity (Wildman–Crippen MR) is 77.0 cm³/mol. The Hall–Kier alpha value is -2.42. The average molecular weight is 294 g/mol. The monoisotopic (exact) mass is 294 g/mol. The molecule has 2 aromatic rings. The fourth-order valence-corrected chi connectivity index (χ4v) is 2.37. The summed E-state index contributed by atoms with van der Waals surface area (Å²) in [5.41, 5.74) is 11.7. The first-order valence-electron chi connectivity index (χ1n) is 5.80. The van der Waals surface area contributed by atoms with Gasteiger partial charge in [-0.1, -0.05) is 0 Å². The number of aromatic nitrogens is 2. The van der Waals surface area contributed by atoms with Gasteiger partial charge in [0, 0.05) is 11.6 Å².